The van der Waals surface area contributed by atoms with Crippen molar-refractivity contribution in [2.45, 2.75) is 38.5 Å². The second-order valence-electron chi connectivity index (χ2n) is 7.10. The fourth-order valence-corrected chi connectivity index (χ4v) is 3.93. The Morgan fingerprint density at radius 2 is 1.62 bits per heavy atom. The second kappa shape index (κ2) is 11.0. The maximum atomic E-state index is 12.5. The van der Waals surface area contributed by atoms with Crippen molar-refractivity contribution in [3.8, 4) is 11.5 Å². The van der Waals surface area contributed by atoms with Crippen LogP contribution in [0.25, 0.3) is 0 Å². The second-order valence-corrected chi connectivity index (χ2v) is 8.95. The first-order valence-electron chi connectivity index (χ1n) is 10.1. The van der Waals surface area contributed by atoms with Crippen LogP contribution in [0.4, 0.5) is 0 Å². The monoisotopic (exact) mass is 463 g/mol. The summed E-state index contributed by atoms with van der Waals surface area (Å²) in [5, 5.41) is 0. The molecule has 0 saturated heterocycles. The minimum absolute atomic E-state index is 0.000116. The average Bonchev–Trinajstić information content (AvgIpc) is 2.78. The molecule has 0 radical (unpaired) electrons. The maximum Gasteiger partial charge on any atom is 0.269 e. The van der Waals surface area contributed by atoms with Gasteiger partial charge in [-0.1, -0.05) is 13.3 Å². The number of benzene rings is 2. The summed E-state index contributed by atoms with van der Waals surface area (Å²) in [6, 6.07) is 7.51. The Morgan fingerprint density at radius 1 is 0.969 bits per heavy atom. The molecule has 0 spiro atoms. The number of amides is 2. The lowest BCUT2D eigenvalue weighted by molar-refractivity contribution is 0.0846. The van der Waals surface area contributed by atoms with Crippen LogP contribution in [0.1, 0.15) is 51.6 Å². The number of carbonyl (C=O) groups excluding carboxylic acids is 2. The molecule has 0 aliphatic rings. The summed E-state index contributed by atoms with van der Waals surface area (Å²) >= 11 is 0. The number of nitrogens with one attached hydrogen (secondary N) is 3. The molecule has 10 heteroatoms. The molecule has 0 aliphatic heterocycles. The van der Waals surface area contributed by atoms with Crippen LogP contribution in [0.15, 0.2) is 35.2 Å². The standard InChI is InChI=1S/C22H29N3O6S/c1-6-7-10-31-18-9-8-16(12-19(18)30-5)21(26)24-25-22(27)17-11-14(2)15(3)20(13-17)32(28,29)23-4/h8-9,11-13,23H,6-7,10H2,1-5H3,(H,24,26)(H,25,27). The lowest BCUT2D eigenvalue weighted by Crippen LogP contribution is -2.41. The van der Waals surface area contributed by atoms with Crippen LogP contribution >= 0.6 is 0 Å². The molecule has 9 nitrogen and oxygen atoms in total. The smallest absolute Gasteiger partial charge is 0.269 e. The molecule has 3 N–H and O–H groups in total. The molecule has 2 aromatic rings. The lowest BCUT2D eigenvalue weighted by atomic mass is 10.1. The van der Waals surface area contributed by atoms with E-state index in [1.165, 1.54) is 26.3 Å². The van der Waals surface area contributed by atoms with Crippen molar-refractivity contribution >= 4 is 21.8 Å². The number of hydrazine groups is 1. The number of sulfonamides is 1. The van der Waals surface area contributed by atoms with Gasteiger partial charge in [-0.15, -0.1) is 0 Å². The van der Waals surface area contributed by atoms with Gasteiger partial charge in [0.15, 0.2) is 11.5 Å². The summed E-state index contributed by atoms with van der Waals surface area (Å²) < 4.78 is 37.6. The Kier molecular flexibility index (Phi) is 8.62. The molecular weight excluding hydrogens is 434 g/mol. The summed E-state index contributed by atoms with van der Waals surface area (Å²) in [5.74, 6) is -0.296. The summed E-state index contributed by atoms with van der Waals surface area (Å²) in [5.41, 5.74) is 6.15. The van der Waals surface area contributed by atoms with Crippen molar-refractivity contribution in [2.75, 3.05) is 20.8 Å². The van der Waals surface area contributed by atoms with Crippen molar-refractivity contribution in [1.82, 2.24) is 15.6 Å². The van der Waals surface area contributed by atoms with Crippen molar-refractivity contribution in [1.29, 1.82) is 0 Å². The third kappa shape index (κ3) is 5.98. The molecule has 0 bridgehead atoms. The Morgan fingerprint density at radius 3 is 2.22 bits per heavy atom. The highest BCUT2D eigenvalue weighted by Gasteiger charge is 2.20. The topological polar surface area (TPSA) is 123 Å². The quantitative estimate of drug-likeness (QED) is 0.388. The van der Waals surface area contributed by atoms with Gasteiger partial charge >= 0.3 is 0 Å². The molecule has 2 rings (SSSR count). The fourth-order valence-electron chi connectivity index (χ4n) is 2.86. The number of hydrogen-bond acceptors (Lipinski definition) is 6. The molecule has 0 atom stereocenters. The van der Waals surface area contributed by atoms with Crippen LogP contribution in [0.3, 0.4) is 0 Å². The van der Waals surface area contributed by atoms with Gasteiger partial charge in [-0.05, 0) is 68.8 Å². The normalized spacial score (nSPS) is 11.0. The predicted octanol–water partition coefficient (Wildman–Crippen LogP) is 2.47. The maximum absolute atomic E-state index is 12.5. The van der Waals surface area contributed by atoms with Crippen molar-refractivity contribution in [2.24, 2.45) is 0 Å². The molecule has 0 heterocycles. The van der Waals surface area contributed by atoms with Crippen LogP contribution < -0.4 is 25.0 Å². The van der Waals surface area contributed by atoms with Crippen molar-refractivity contribution in [3.05, 3.63) is 52.6 Å². The van der Waals surface area contributed by atoms with Crippen LogP contribution in [0.2, 0.25) is 0 Å². The summed E-state index contributed by atoms with van der Waals surface area (Å²) in [6.45, 7) is 5.96. The number of aryl methyl sites for hydroxylation is 1. The Labute approximate surface area is 188 Å². The third-order valence-corrected chi connectivity index (χ3v) is 6.45. The Bertz CT molecular complexity index is 1100. The molecule has 2 aromatic carbocycles. The third-order valence-electron chi connectivity index (χ3n) is 4.91. The lowest BCUT2D eigenvalue weighted by Gasteiger charge is -2.14. The molecule has 2 amide bonds. The van der Waals surface area contributed by atoms with Crippen LogP contribution in [-0.2, 0) is 10.0 Å². The van der Waals surface area contributed by atoms with E-state index in [9.17, 15) is 18.0 Å². The highest BCUT2D eigenvalue weighted by molar-refractivity contribution is 7.89. The first kappa shape index (κ1) is 25.2. The van der Waals surface area contributed by atoms with Crippen LogP contribution in [0, 0.1) is 13.8 Å². The van der Waals surface area contributed by atoms with E-state index in [4.69, 9.17) is 9.47 Å². The van der Waals surface area contributed by atoms with Crippen molar-refractivity contribution in [3.63, 3.8) is 0 Å². The van der Waals surface area contributed by atoms with E-state index in [1.54, 1.807) is 32.0 Å². The van der Waals surface area contributed by atoms with E-state index < -0.39 is 21.8 Å². The number of rotatable bonds is 9. The highest BCUT2D eigenvalue weighted by atomic mass is 32.2. The van der Waals surface area contributed by atoms with Gasteiger partial charge in [0.1, 0.15) is 0 Å². The Balaban J connectivity index is 2.14. The van der Waals surface area contributed by atoms with Gasteiger partial charge in [0.25, 0.3) is 11.8 Å². The largest absolute Gasteiger partial charge is 0.493 e. The van der Waals surface area contributed by atoms with E-state index in [-0.39, 0.29) is 16.0 Å². The Hall–Kier alpha value is -3.11. The average molecular weight is 464 g/mol. The fraction of sp³-hybridized carbons (Fsp3) is 0.364. The van der Waals surface area contributed by atoms with Gasteiger partial charge in [-0.25, -0.2) is 13.1 Å². The van der Waals surface area contributed by atoms with Crippen molar-refractivity contribution < 1.29 is 27.5 Å². The zero-order chi connectivity index (χ0) is 23.9. The molecule has 0 aliphatic carbocycles. The van der Waals surface area contributed by atoms with Gasteiger partial charge in [0.05, 0.1) is 18.6 Å². The minimum Gasteiger partial charge on any atom is -0.493 e. The van der Waals surface area contributed by atoms with E-state index in [0.29, 0.717) is 29.2 Å². The predicted molar refractivity (Wildman–Crippen MR) is 120 cm³/mol. The van der Waals surface area contributed by atoms with E-state index >= 15 is 0 Å². The minimum atomic E-state index is -3.75. The molecule has 0 aromatic heterocycles. The zero-order valence-corrected chi connectivity index (χ0v) is 19.7. The van der Waals surface area contributed by atoms with E-state index in [2.05, 4.69) is 22.5 Å². The number of methoxy groups -OCH3 is 1. The number of unbranched alkanes of at least 4 members (excludes halogenated alkanes) is 1. The SMILES string of the molecule is CCCCOc1ccc(C(=O)NNC(=O)c2cc(C)c(C)c(S(=O)(=O)NC)c2)cc1OC. The summed E-state index contributed by atoms with van der Waals surface area (Å²) in [6.07, 6.45) is 1.89. The molecule has 0 unspecified atom stereocenters. The van der Waals surface area contributed by atoms with Crippen LogP contribution in [0.5, 0.6) is 11.5 Å². The first-order valence-corrected chi connectivity index (χ1v) is 11.6. The number of carbonyl (C=O) groups is 2. The van der Waals surface area contributed by atoms with Gasteiger partial charge in [-0.2, -0.15) is 0 Å². The summed E-state index contributed by atoms with van der Waals surface area (Å²) in [7, 11) is -0.974. The summed E-state index contributed by atoms with van der Waals surface area (Å²) in [4.78, 5) is 25.0. The first-order chi connectivity index (χ1) is 15.1. The van der Waals surface area contributed by atoms with Crippen LogP contribution in [-0.4, -0.2) is 41.0 Å². The van der Waals surface area contributed by atoms with Gasteiger partial charge < -0.3 is 9.47 Å². The zero-order valence-electron chi connectivity index (χ0n) is 18.9. The van der Waals surface area contributed by atoms with Gasteiger partial charge in [0, 0.05) is 11.1 Å². The molecule has 174 valence electrons. The van der Waals surface area contributed by atoms with Gasteiger partial charge in [-0.3, -0.25) is 20.4 Å². The molecule has 0 saturated carbocycles. The molecule has 32 heavy (non-hydrogen) atoms. The molecule has 0 fully saturated rings. The molecular formula is C22H29N3O6S. The number of ether oxygens (including phenoxy) is 2. The van der Waals surface area contributed by atoms with E-state index in [0.717, 1.165) is 12.8 Å². The van der Waals surface area contributed by atoms with E-state index in [1.807, 2.05) is 0 Å². The number of hydrogen-bond donors (Lipinski definition) is 3. The van der Waals surface area contributed by atoms with Gasteiger partial charge in [0.2, 0.25) is 10.0 Å². The highest BCUT2D eigenvalue weighted by Crippen LogP contribution is 2.28.